The van der Waals surface area contributed by atoms with Crippen LogP contribution in [-0.2, 0) is 23.0 Å². The summed E-state index contributed by atoms with van der Waals surface area (Å²) in [5.41, 5.74) is 6.42. The van der Waals surface area contributed by atoms with E-state index in [1.807, 2.05) is 44.2 Å². The van der Waals surface area contributed by atoms with Crippen molar-refractivity contribution in [3.05, 3.63) is 82.9 Å². The number of aliphatic imine (C=N–C) groups is 1. The van der Waals surface area contributed by atoms with Gasteiger partial charge in [0.15, 0.2) is 11.5 Å². The molecule has 2 aliphatic rings. The van der Waals surface area contributed by atoms with Crippen LogP contribution >= 0.6 is 11.8 Å². The summed E-state index contributed by atoms with van der Waals surface area (Å²) < 4.78 is 36.4. The van der Waals surface area contributed by atoms with Crippen molar-refractivity contribution in [3.63, 3.8) is 0 Å². The second-order valence-electron chi connectivity index (χ2n) is 11.2. The number of carbonyl (C=O) groups excluding carboxylic acids is 1. The van der Waals surface area contributed by atoms with E-state index in [0.717, 1.165) is 59.6 Å². The van der Waals surface area contributed by atoms with E-state index >= 15 is 0 Å². The number of methoxy groups -OCH3 is 2. The predicted octanol–water partition coefficient (Wildman–Crippen LogP) is 5.76. The maximum absolute atomic E-state index is 12.3. The molecular weight excluding hydrogens is 599 g/mol. The van der Waals surface area contributed by atoms with Gasteiger partial charge in [-0.05, 0) is 85.8 Å². The van der Waals surface area contributed by atoms with Gasteiger partial charge in [0.1, 0.15) is 5.84 Å². The summed E-state index contributed by atoms with van der Waals surface area (Å²) in [5, 5.41) is 5.98. The Kier molecular flexibility index (Phi) is 8.94. The molecule has 5 rings (SSSR count). The number of nitrogens with one attached hydrogen (secondary N) is 1. The highest BCUT2D eigenvalue weighted by atomic mass is 32.2. The van der Waals surface area contributed by atoms with E-state index in [1.54, 1.807) is 33.4 Å². The van der Waals surface area contributed by atoms with Crippen molar-refractivity contribution in [2.45, 2.75) is 38.0 Å². The van der Waals surface area contributed by atoms with Crippen LogP contribution < -0.4 is 19.1 Å². The van der Waals surface area contributed by atoms with Crippen LogP contribution in [0.3, 0.4) is 0 Å². The quantitative estimate of drug-likeness (QED) is 0.248. The van der Waals surface area contributed by atoms with E-state index in [4.69, 9.17) is 14.5 Å². The van der Waals surface area contributed by atoms with Gasteiger partial charge < -0.3 is 14.4 Å². The third-order valence-electron chi connectivity index (χ3n) is 7.46. The molecule has 0 unspecified atom stereocenters. The Morgan fingerprint density at radius 1 is 1.05 bits per heavy atom. The van der Waals surface area contributed by atoms with Crippen LogP contribution in [0.4, 0.5) is 16.2 Å². The van der Waals surface area contributed by atoms with Crippen LogP contribution in [0.2, 0.25) is 0 Å². The number of aryl methyl sites for hydroxylation is 1. The minimum absolute atomic E-state index is 0.0695. The highest BCUT2D eigenvalue weighted by Crippen LogP contribution is 2.38. The second kappa shape index (κ2) is 12.5. The molecule has 0 spiro atoms. The number of thioether (sulfide) groups is 1. The molecule has 0 aliphatic carbocycles. The van der Waals surface area contributed by atoms with Crippen LogP contribution in [0.5, 0.6) is 11.5 Å². The summed E-state index contributed by atoms with van der Waals surface area (Å²) in [4.78, 5) is 19.7. The molecule has 0 saturated carbocycles. The fourth-order valence-corrected chi connectivity index (χ4v) is 6.81. The maximum Gasteiger partial charge on any atom is 0.302 e. The Morgan fingerprint density at radius 2 is 1.77 bits per heavy atom. The lowest BCUT2D eigenvalue weighted by Gasteiger charge is -2.35. The summed E-state index contributed by atoms with van der Waals surface area (Å²) in [6, 6.07) is 19.4. The molecule has 2 heterocycles. The van der Waals surface area contributed by atoms with Crippen LogP contribution in [0.1, 0.15) is 42.5 Å². The average molecular weight is 636 g/mol. The Bertz CT molecular complexity index is 1740. The molecule has 232 valence electrons. The monoisotopic (exact) mass is 635 g/mol. The average Bonchev–Trinajstić information content (AvgIpc) is 2.98. The summed E-state index contributed by atoms with van der Waals surface area (Å²) in [7, 11) is 1.55. The normalized spacial score (nSPS) is 16.7. The van der Waals surface area contributed by atoms with Crippen molar-refractivity contribution in [2.75, 3.05) is 43.7 Å². The van der Waals surface area contributed by atoms with E-state index in [9.17, 15) is 13.2 Å². The number of hydrogen-bond donors (Lipinski definition) is 1. The number of amides is 1. The first-order valence-corrected chi connectivity index (χ1v) is 16.9. The van der Waals surface area contributed by atoms with Gasteiger partial charge in [-0.2, -0.15) is 5.10 Å². The lowest BCUT2D eigenvalue weighted by molar-refractivity contribution is 0.234. The van der Waals surface area contributed by atoms with Crippen molar-refractivity contribution in [1.29, 1.82) is 0 Å². The molecule has 0 aromatic heterocycles. The molecule has 0 bridgehead atoms. The minimum atomic E-state index is -3.36. The van der Waals surface area contributed by atoms with Gasteiger partial charge in [0.05, 0.1) is 37.5 Å². The molecular formula is C32H37N5O5S2. The van der Waals surface area contributed by atoms with E-state index in [-0.39, 0.29) is 5.24 Å². The number of benzene rings is 3. The third kappa shape index (κ3) is 6.86. The SMILES string of the molecule is COc1ccc(/C(=N/Cc2ccc(NS(C)(=O)=O)cc2)N2CCCc3cc(C4=NN(C)C(=O)SC4(C)C)ccc32)cc1OC. The first-order chi connectivity index (χ1) is 20.9. The highest BCUT2D eigenvalue weighted by molar-refractivity contribution is 8.15. The molecule has 1 amide bonds. The lowest BCUT2D eigenvalue weighted by atomic mass is 9.93. The summed E-state index contributed by atoms with van der Waals surface area (Å²) >= 11 is 1.28. The van der Waals surface area contributed by atoms with Crippen molar-refractivity contribution in [3.8, 4) is 11.5 Å². The largest absolute Gasteiger partial charge is 0.493 e. The number of sulfonamides is 1. The molecule has 10 nitrogen and oxygen atoms in total. The zero-order valence-corrected chi connectivity index (χ0v) is 27.4. The van der Waals surface area contributed by atoms with Gasteiger partial charge in [0.2, 0.25) is 10.0 Å². The number of hydrogen-bond acceptors (Lipinski definition) is 8. The fourth-order valence-electron chi connectivity index (χ4n) is 5.38. The van der Waals surface area contributed by atoms with Crippen LogP contribution in [0.15, 0.2) is 70.8 Å². The van der Waals surface area contributed by atoms with Gasteiger partial charge in [0, 0.05) is 30.5 Å². The van der Waals surface area contributed by atoms with E-state index in [2.05, 4.69) is 32.9 Å². The number of rotatable bonds is 8. The van der Waals surface area contributed by atoms with Crippen LogP contribution in [0, 0.1) is 0 Å². The molecule has 0 radical (unpaired) electrons. The summed E-state index contributed by atoms with van der Waals surface area (Å²) in [5.74, 6) is 2.02. The Morgan fingerprint density at radius 3 is 2.45 bits per heavy atom. The van der Waals surface area contributed by atoms with Crippen molar-refractivity contribution in [2.24, 2.45) is 10.1 Å². The molecule has 0 atom stereocenters. The molecule has 3 aromatic carbocycles. The Balaban J connectivity index is 1.54. The smallest absolute Gasteiger partial charge is 0.302 e. The third-order valence-corrected chi connectivity index (χ3v) is 9.21. The van der Waals surface area contributed by atoms with Gasteiger partial charge in [-0.3, -0.25) is 14.5 Å². The number of carbonyl (C=O) groups is 1. The first-order valence-electron chi connectivity index (χ1n) is 14.2. The van der Waals surface area contributed by atoms with Crippen LogP contribution in [-0.4, -0.2) is 69.0 Å². The first kappa shape index (κ1) is 31.4. The van der Waals surface area contributed by atoms with Crippen molar-refractivity contribution < 1.29 is 22.7 Å². The fraction of sp³-hybridized carbons (Fsp3) is 0.344. The number of anilines is 2. The highest BCUT2D eigenvalue weighted by Gasteiger charge is 2.37. The maximum atomic E-state index is 12.3. The predicted molar refractivity (Wildman–Crippen MR) is 178 cm³/mol. The number of hydrazone groups is 1. The number of ether oxygens (including phenoxy) is 2. The second-order valence-corrected chi connectivity index (χ2v) is 14.6. The summed E-state index contributed by atoms with van der Waals surface area (Å²) in [6.07, 6.45) is 2.96. The molecule has 12 heteroatoms. The lowest BCUT2D eigenvalue weighted by Crippen LogP contribution is -2.40. The van der Waals surface area contributed by atoms with Gasteiger partial charge in [0.25, 0.3) is 0 Å². The molecule has 3 aromatic rings. The topological polar surface area (TPSA) is 113 Å². The van der Waals surface area contributed by atoms with Gasteiger partial charge in [-0.25, -0.2) is 13.4 Å². The standard InChI is InChI=1S/C32H37N5O5S2/c1-32(2)29(34-36(3)31(38)43-32)23-11-15-26-22(18-23)8-7-17-37(26)30(24-12-16-27(41-4)28(19-24)42-5)33-20-21-9-13-25(14-10-21)35-44(6,39)40/h9-16,18-19,35H,7-8,17,20H2,1-6H3/b33-30-. The summed E-state index contributed by atoms with van der Waals surface area (Å²) in [6.45, 7) is 5.21. The minimum Gasteiger partial charge on any atom is -0.493 e. The van der Waals surface area contributed by atoms with Gasteiger partial charge >= 0.3 is 5.24 Å². The number of fused-ring (bicyclic) bond motifs is 1. The van der Waals surface area contributed by atoms with E-state index in [1.165, 1.54) is 22.3 Å². The zero-order chi connectivity index (χ0) is 31.6. The van der Waals surface area contributed by atoms with Gasteiger partial charge in [-0.15, -0.1) is 0 Å². The molecule has 0 saturated heterocycles. The van der Waals surface area contributed by atoms with Gasteiger partial charge in [-0.1, -0.05) is 30.0 Å². The van der Waals surface area contributed by atoms with E-state index < -0.39 is 14.8 Å². The zero-order valence-electron chi connectivity index (χ0n) is 25.7. The molecule has 44 heavy (non-hydrogen) atoms. The van der Waals surface area contributed by atoms with E-state index in [0.29, 0.717) is 23.7 Å². The van der Waals surface area contributed by atoms with Crippen LogP contribution in [0.25, 0.3) is 0 Å². The molecule has 0 fully saturated rings. The molecule has 1 N–H and O–H groups in total. The number of nitrogens with zero attached hydrogens (tertiary/aromatic N) is 4. The van der Waals surface area contributed by atoms with Crippen molar-refractivity contribution >= 4 is 49.9 Å². The Hall–Kier alpha value is -4.03. The number of amidine groups is 1. The Labute approximate surface area is 263 Å². The van der Waals surface area contributed by atoms with Crippen molar-refractivity contribution in [1.82, 2.24) is 5.01 Å². The molecule has 2 aliphatic heterocycles.